The third kappa shape index (κ3) is 3.30. The van der Waals surface area contributed by atoms with Crippen LogP contribution in [0, 0.1) is 0 Å². The number of rotatable bonds is 5. The summed E-state index contributed by atoms with van der Waals surface area (Å²) in [4.78, 5) is 20.2. The van der Waals surface area contributed by atoms with Gasteiger partial charge in [-0.25, -0.2) is 9.97 Å². The average molecular weight is 316 g/mol. The number of nitrogens with zero attached hydrogens (tertiary/aromatic N) is 5. The molecular formula is C15H20N6O2. The van der Waals surface area contributed by atoms with Crippen LogP contribution in [-0.2, 0) is 0 Å². The lowest BCUT2D eigenvalue weighted by Crippen LogP contribution is -2.29. The van der Waals surface area contributed by atoms with E-state index in [0.717, 1.165) is 18.7 Å². The average Bonchev–Trinajstić information content (AvgIpc) is 3.25. The Hall–Kier alpha value is -2.51. The maximum absolute atomic E-state index is 12.3. The van der Waals surface area contributed by atoms with Crippen LogP contribution < -0.4 is 10.1 Å². The molecule has 1 saturated carbocycles. The molecule has 2 aromatic heterocycles. The van der Waals surface area contributed by atoms with Gasteiger partial charge in [0.25, 0.3) is 5.91 Å². The number of methoxy groups -OCH3 is 1. The van der Waals surface area contributed by atoms with Crippen LogP contribution in [0.3, 0.4) is 0 Å². The van der Waals surface area contributed by atoms with E-state index in [0.29, 0.717) is 11.6 Å². The van der Waals surface area contributed by atoms with E-state index in [1.165, 1.54) is 32.3 Å². The molecule has 122 valence electrons. The first kappa shape index (κ1) is 15.4. The lowest BCUT2D eigenvalue weighted by atomic mass is 10.2. The molecule has 1 aliphatic rings. The number of amides is 1. The van der Waals surface area contributed by atoms with Crippen LogP contribution >= 0.6 is 0 Å². The summed E-state index contributed by atoms with van der Waals surface area (Å²) in [5, 5.41) is 11.1. The second-order valence-electron chi connectivity index (χ2n) is 5.69. The summed E-state index contributed by atoms with van der Waals surface area (Å²) in [7, 11) is 1.48. The molecule has 2 heterocycles. The van der Waals surface area contributed by atoms with Gasteiger partial charge >= 0.3 is 6.01 Å². The smallest absolute Gasteiger partial charge is 0.316 e. The number of hydrogen-bond acceptors (Lipinski definition) is 6. The van der Waals surface area contributed by atoms with E-state index >= 15 is 0 Å². The van der Waals surface area contributed by atoms with Gasteiger partial charge < -0.3 is 14.6 Å². The second kappa shape index (κ2) is 6.72. The summed E-state index contributed by atoms with van der Waals surface area (Å²) in [6, 6.07) is 0.423. The lowest BCUT2D eigenvalue weighted by Gasteiger charge is -2.18. The SMILES string of the molecule is COc1ncc(C(=O)NC(C)c2nncn2C2CCCC2)cn1. The van der Waals surface area contributed by atoms with E-state index in [-0.39, 0.29) is 18.0 Å². The Morgan fingerprint density at radius 3 is 2.70 bits per heavy atom. The Balaban J connectivity index is 1.69. The quantitative estimate of drug-likeness (QED) is 0.902. The number of aromatic nitrogens is 5. The standard InChI is InChI=1S/C15H20N6O2/c1-10(13-20-18-9-21(13)12-5-3-4-6-12)19-14(22)11-7-16-15(23-2)17-8-11/h7-10,12H,3-6H2,1-2H3,(H,19,22). The molecule has 3 rings (SSSR count). The first-order valence-corrected chi connectivity index (χ1v) is 7.75. The van der Waals surface area contributed by atoms with Crippen molar-refractivity contribution in [1.29, 1.82) is 0 Å². The lowest BCUT2D eigenvalue weighted by molar-refractivity contribution is 0.0936. The number of carbonyl (C=O) groups excluding carboxylic acids is 1. The number of ether oxygens (including phenoxy) is 1. The summed E-state index contributed by atoms with van der Waals surface area (Å²) in [6.45, 7) is 1.90. The van der Waals surface area contributed by atoms with E-state index in [4.69, 9.17) is 4.74 Å². The maximum atomic E-state index is 12.3. The van der Waals surface area contributed by atoms with Crippen LogP contribution in [0.1, 0.15) is 60.9 Å². The minimum atomic E-state index is -0.249. The Kier molecular flexibility index (Phi) is 4.50. The van der Waals surface area contributed by atoms with Crippen LogP contribution in [0.25, 0.3) is 0 Å². The molecule has 23 heavy (non-hydrogen) atoms. The van der Waals surface area contributed by atoms with Gasteiger partial charge in [-0.1, -0.05) is 12.8 Å². The predicted molar refractivity (Wildman–Crippen MR) is 82.0 cm³/mol. The zero-order valence-corrected chi connectivity index (χ0v) is 13.3. The van der Waals surface area contributed by atoms with E-state index < -0.39 is 0 Å². The summed E-state index contributed by atoms with van der Waals surface area (Å²) in [5.74, 6) is 0.529. The number of nitrogens with one attached hydrogen (secondary N) is 1. The van der Waals surface area contributed by atoms with Crippen molar-refractivity contribution in [2.75, 3.05) is 7.11 Å². The van der Waals surface area contributed by atoms with Crippen molar-refractivity contribution < 1.29 is 9.53 Å². The van der Waals surface area contributed by atoms with Gasteiger partial charge in [0, 0.05) is 18.4 Å². The number of carbonyl (C=O) groups is 1. The molecular weight excluding hydrogens is 296 g/mol. The molecule has 0 aliphatic heterocycles. The summed E-state index contributed by atoms with van der Waals surface area (Å²) >= 11 is 0. The van der Waals surface area contributed by atoms with E-state index in [1.54, 1.807) is 6.33 Å². The van der Waals surface area contributed by atoms with Crippen molar-refractivity contribution in [1.82, 2.24) is 30.0 Å². The fraction of sp³-hybridized carbons (Fsp3) is 0.533. The topological polar surface area (TPSA) is 94.8 Å². The van der Waals surface area contributed by atoms with Gasteiger partial charge in [0.2, 0.25) is 0 Å². The van der Waals surface area contributed by atoms with Crippen LogP contribution in [0.15, 0.2) is 18.7 Å². The first-order chi connectivity index (χ1) is 11.2. The van der Waals surface area contributed by atoms with Gasteiger partial charge in [-0.05, 0) is 19.8 Å². The van der Waals surface area contributed by atoms with Crippen LogP contribution in [-0.4, -0.2) is 37.7 Å². The highest BCUT2D eigenvalue weighted by atomic mass is 16.5. The van der Waals surface area contributed by atoms with Gasteiger partial charge in [-0.2, -0.15) is 0 Å². The molecule has 0 spiro atoms. The molecule has 1 amide bonds. The third-order valence-electron chi connectivity index (χ3n) is 4.13. The highest BCUT2D eigenvalue weighted by Crippen LogP contribution is 2.31. The van der Waals surface area contributed by atoms with Gasteiger partial charge in [-0.15, -0.1) is 10.2 Å². The van der Waals surface area contributed by atoms with Gasteiger partial charge in [0.1, 0.15) is 6.33 Å². The molecule has 8 nitrogen and oxygen atoms in total. The highest BCUT2D eigenvalue weighted by molar-refractivity contribution is 5.93. The fourth-order valence-corrected chi connectivity index (χ4v) is 2.91. The molecule has 0 saturated heterocycles. The molecule has 0 radical (unpaired) electrons. The van der Waals surface area contributed by atoms with Crippen LogP contribution in [0.4, 0.5) is 0 Å². The van der Waals surface area contributed by atoms with E-state index in [9.17, 15) is 4.79 Å². The minimum Gasteiger partial charge on any atom is -0.467 e. The van der Waals surface area contributed by atoms with Gasteiger partial charge in [0.15, 0.2) is 5.82 Å². The molecule has 1 atom stereocenters. The fourth-order valence-electron chi connectivity index (χ4n) is 2.91. The summed E-state index contributed by atoms with van der Waals surface area (Å²) in [6.07, 6.45) is 9.37. The molecule has 8 heteroatoms. The second-order valence-corrected chi connectivity index (χ2v) is 5.69. The first-order valence-electron chi connectivity index (χ1n) is 7.75. The predicted octanol–water partition coefficient (Wildman–Crippen LogP) is 1.68. The molecule has 2 aromatic rings. The minimum absolute atomic E-state index is 0.232. The van der Waals surface area contributed by atoms with E-state index in [2.05, 4.69) is 30.0 Å². The summed E-state index contributed by atoms with van der Waals surface area (Å²) < 4.78 is 6.97. The van der Waals surface area contributed by atoms with Gasteiger partial charge in [0.05, 0.1) is 18.7 Å². The van der Waals surface area contributed by atoms with E-state index in [1.807, 2.05) is 6.92 Å². The molecule has 1 fully saturated rings. The third-order valence-corrected chi connectivity index (χ3v) is 4.13. The van der Waals surface area contributed by atoms with Crippen molar-refractivity contribution >= 4 is 5.91 Å². The van der Waals surface area contributed by atoms with Crippen LogP contribution in [0.2, 0.25) is 0 Å². The Labute approximate surface area is 134 Å². The Morgan fingerprint density at radius 1 is 1.35 bits per heavy atom. The van der Waals surface area contributed by atoms with Crippen molar-refractivity contribution in [2.24, 2.45) is 0 Å². The molecule has 0 aromatic carbocycles. The molecule has 0 bridgehead atoms. The zero-order chi connectivity index (χ0) is 16.2. The van der Waals surface area contributed by atoms with Crippen molar-refractivity contribution in [2.45, 2.75) is 44.7 Å². The highest BCUT2D eigenvalue weighted by Gasteiger charge is 2.23. The molecule has 1 unspecified atom stereocenters. The van der Waals surface area contributed by atoms with Crippen molar-refractivity contribution in [3.05, 3.63) is 30.1 Å². The van der Waals surface area contributed by atoms with Crippen LogP contribution in [0.5, 0.6) is 6.01 Å². The van der Waals surface area contributed by atoms with Gasteiger partial charge in [-0.3, -0.25) is 4.79 Å². The summed E-state index contributed by atoms with van der Waals surface area (Å²) in [5.41, 5.74) is 0.379. The molecule has 1 aliphatic carbocycles. The normalized spacial score (nSPS) is 16.3. The Morgan fingerprint density at radius 2 is 2.04 bits per heavy atom. The largest absolute Gasteiger partial charge is 0.467 e. The number of hydrogen-bond donors (Lipinski definition) is 1. The maximum Gasteiger partial charge on any atom is 0.316 e. The monoisotopic (exact) mass is 316 g/mol. The van der Waals surface area contributed by atoms with Crippen molar-refractivity contribution in [3.63, 3.8) is 0 Å². The Bertz CT molecular complexity index is 663. The van der Waals surface area contributed by atoms with Crippen molar-refractivity contribution in [3.8, 4) is 6.01 Å². The molecule has 1 N–H and O–H groups in total. The zero-order valence-electron chi connectivity index (χ0n) is 13.3.